The lowest BCUT2D eigenvalue weighted by Crippen LogP contribution is -1.89. The van der Waals surface area contributed by atoms with Gasteiger partial charge in [0.15, 0.2) is 5.82 Å². The summed E-state index contributed by atoms with van der Waals surface area (Å²) in [5, 5.41) is 18.1. The van der Waals surface area contributed by atoms with Gasteiger partial charge < -0.3 is 0 Å². The Labute approximate surface area is 150 Å². The number of imidazole rings is 1. The van der Waals surface area contributed by atoms with Crippen molar-refractivity contribution in [3.05, 3.63) is 84.1 Å². The highest BCUT2D eigenvalue weighted by Gasteiger charge is 2.15. The Morgan fingerprint density at radius 2 is 1.65 bits per heavy atom. The van der Waals surface area contributed by atoms with E-state index >= 15 is 0 Å². The lowest BCUT2D eigenvalue weighted by Gasteiger charge is -2.02. The summed E-state index contributed by atoms with van der Waals surface area (Å²) in [6.07, 6.45) is 0. The van der Waals surface area contributed by atoms with Gasteiger partial charge in [-0.1, -0.05) is 48.5 Å². The first-order valence-corrected chi connectivity index (χ1v) is 8.22. The number of azo groups is 1. The Hall–Kier alpha value is -3.78. The maximum absolute atomic E-state index is 9.25. The van der Waals surface area contributed by atoms with Crippen LogP contribution >= 0.6 is 0 Å². The van der Waals surface area contributed by atoms with Crippen molar-refractivity contribution in [3.63, 3.8) is 0 Å². The van der Waals surface area contributed by atoms with Crippen LogP contribution in [0, 0.1) is 18.3 Å². The average molecular weight is 337 g/mol. The van der Waals surface area contributed by atoms with Crippen molar-refractivity contribution >= 4 is 17.2 Å². The molecule has 2 aromatic heterocycles. The van der Waals surface area contributed by atoms with Crippen LogP contribution in [0.2, 0.25) is 0 Å². The topological polar surface area (TPSA) is 65.8 Å². The van der Waals surface area contributed by atoms with Crippen LogP contribution in [0.3, 0.4) is 0 Å². The number of aryl methyl sites for hydroxylation is 1. The Balaban J connectivity index is 1.93. The van der Waals surface area contributed by atoms with Gasteiger partial charge in [0.25, 0.3) is 0 Å². The molecule has 5 nitrogen and oxygen atoms in total. The molecule has 0 fully saturated rings. The van der Waals surface area contributed by atoms with E-state index in [2.05, 4.69) is 16.3 Å². The van der Waals surface area contributed by atoms with E-state index in [0.29, 0.717) is 17.1 Å². The predicted octanol–water partition coefficient (Wildman–Crippen LogP) is 5.60. The van der Waals surface area contributed by atoms with Crippen molar-refractivity contribution in [2.24, 2.45) is 10.2 Å². The molecule has 0 bridgehead atoms. The molecule has 5 heteroatoms. The zero-order valence-corrected chi connectivity index (χ0v) is 14.2. The monoisotopic (exact) mass is 337 g/mol. The van der Waals surface area contributed by atoms with E-state index in [4.69, 9.17) is 4.98 Å². The van der Waals surface area contributed by atoms with Crippen LogP contribution in [-0.4, -0.2) is 9.38 Å². The fourth-order valence-corrected chi connectivity index (χ4v) is 2.87. The Kier molecular flexibility index (Phi) is 4.00. The van der Waals surface area contributed by atoms with Crippen LogP contribution in [0.1, 0.15) is 11.3 Å². The number of benzene rings is 2. The van der Waals surface area contributed by atoms with Gasteiger partial charge in [-0.3, -0.25) is 4.40 Å². The number of rotatable bonds is 3. The highest BCUT2D eigenvalue weighted by atomic mass is 15.2. The smallest absolute Gasteiger partial charge is 0.187 e. The number of hydrogen-bond acceptors (Lipinski definition) is 4. The largest absolute Gasteiger partial charge is 0.280 e. The molecule has 2 heterocycles. The summed E-state index contributed by atoms with van der Waals surface area (Å²) in [4.78, 5) is 4.74. The molecule has 0 radical (unpaired) electrons. The Morgan fingerprint density at radius 1 is 0.885 bits per heavy atom. The quantitative estimate of drug-likeness (QED) is 0.457. The maximum atomic E-state index is 9.25. The second kappa shape index (κ2) is 6.61. The summed E-state index contributed by atoms with van der Waals surface area (Å²) in [5.74, 6) is 0.650. The fraction of sp³-hybridized carbons (Fsp3) is 0.0476. The van der Waals surface area contributed by atoms with Gasteiger partial charge in [-0.2, -0.15) is 5.26 Å². The Morgan fingerprint density at radius 3 is 2.46 bits per heavy atom. The third kappa shape index (κ3) is 2.74. The number of hydrogen-bond donors (Lipinski definition) is 0. The number of pyridine rings is 1. The average Bonchev–Trinajstić information content (AvgIpc) is 3.07. The normalized spacial score (nSPS) is 11.1. The second-order valence-corrected chi connectivity index (χ2v) is 5.84. The molecule has 0 aliphatic heterocycles. The first kappa shape index (κ1) is 15.7. The molecule has 0 saturated carbocycles. The number of nitrogens with zero attached hydrogens (tertiary/aromatic N) is 5. The summed E-state index contributed by atoms with van der Waals surface area (Å²) in [6, 6.07) is 25.1. The van der Waals surface area contributed by atoms with Crippen LogP contribution in [-0.2, 0) is 0 Å². The molecule has 0 N–H and O–H groups in total. The van der Waals surface area contributed by atoms with Crippen LogP contribution in [0.15, 0.2) is 83.0 Å². The van der Waals surface area contributed by atoms with Crippen LogP contribution in [0.25, 0.3) is 16.9 Å². The second-order valence-electron chi connectivity index (χ2n) is 5.84. The van der Waals surface area contributed by atoms with Gasteiger partial charge in [-0.25, -0.2) is 4.98 Å². The molecule has 0 aliphatic carbocycles. The number of nitriles is 1. The third-order valence-corrected chi connectivity index (χ3v) is 4.14. The minimum Gasteiger partial charge on any atom is -0.280 e. The highest BCUT2D eigenvalue weighted by Crippen LogP contribution is 2.33. The molecule has 0 atom stereocenters. The number of fused-ring (bicyclic) bond motifs is 1. The molecule has 4 rings (SSSR count). The maximum Gasteiger partial charge on any atom is 0.187 e. The lowest BCUT2D eigenvalue weighted by molar-refractivity contribution is 1.05. The van der Waals surface area contributed by atoms with Crippen molar-refractivity contribution in [1.29, 1.82) is 5.26 Å². The molecule has 4 aromatic rings. The SMILES string of the molecule is Cc1cccc2nc(-c3ccccc3)c(N=Nc3ccccc3C#N)n12. The first-order valence-electron chi connectivity index (χ1n) is 8.22. The van der Waals surface area contributed by atoms with E-state index < -0.39 is 0 Å². The van der Waals surface area contributed by atoms with Crippen molar-refractivity contribution in [1.82, 2.24) is 9.38 Å². The summed E-state index contributed by atoms with van der Waals surface area (Å²) in [5.41, 5.74) is 4.59. The van der Waals surface area contributed by atoms with E-state index in [-0.39, 0.29) is 0 Å². The van der Waals surface area contributed by atoms with Crippen molar-refractivity contribution < 1.29 is 0 Å². The first-order chi connectivity index (χ1) is 12.8. The Bertz CT molecular complexity index is 1150. The van der Waals surface area contributed by atoms with Crippen molar-refractivity contribution in [2.45, 2.75) is 6.92 Å². The van der Waals surface area contributed by atoms with E-state index in [0.717, 1.165) is 22.6 Å². The summed E-state index contributed by atoms with van der Waals surface area (Å²) in [7, 11) is 0. The molecule has 2 aromatic carbocycles. The molecule has 26 heavy (non-hydrogen) atoms. The van der Waals surface area contributed by atoms with Gasteiger partial charge in [0, 0.05) is 11.3 Å². The van der Waals surface area contributed by atoms with Gasteiger partial charge in [-0.05, 0) is 31.2 Å². The molecule has 124 valence electrons. The minimum atomic E-state index is 0.489. The molecule has 0 amide bonds. The number of aromatic nitrogens is 2. The molecular weight excluding hydrogens is 322 g/mol. The van der Waals surface area contributed by atoms with Crippen LogP contribution in [0.5, 0.6) is 0 Å². The summed E-state index contributed by atoms with van der Waals surface area (Å²) < 4.78 is 1.97. The van der Waals surface area contributed by atoms with E-state index in [1.165, 1.54) is 0 Å². The molecule has 0 unspecified atom stereocenters. The lowest BCUT2D eigenvalue weighted by atomic mass is 10.1. The fourth-order valence-electron chi connectivity index (χ4n) is 2.87. The molecule has 0 saturated heterocycles. The van der Waals surface area contributed by atoms with Crippen molar-refractivity contribution in [3.8, 4) is 17.3 Å². The van der Waals surface area contributed by atoms with Crippen LogP contribution < -0.4 is 0 Å². The molecule has 0 spiro atoms. The van der Waals surface area contributed by atoms with Crippen LogP contribution in [0.4, 0.5) is 11.5 Å². The zero-order chi connectivity index (χ0) is 17.9. The summed E-state index contributed by atoms with van der Waals surface area (Å²) >= 11 is 0. The van der Waals surface area contributed by atoms with Gasteiger partial charge in [0.2, 0.25) is 0 Å². The zero-order valence-electron chi connectivity index (χ0n) is 14.2. The third-order valence-electron chi connectivity index (χ3n) is 4.14. The van der Waals surface area contributed by atoms with Gasteiger partial charge in [0.1, 0.15) is 23.1 Å². The predicted molar refractivity (Wildman–Crippen MR) is 101 cm³/mol. The highest BCUT2D eigenvalue weighted by molar-refractivity contribution is 5.74. The van der Waals surface area contributed by atoms with Gasteiger partial charge >= 0.3 is 0 Å². The van der Waals surface area contributed by atoms with E-state index in [9.17, 15) is 5.26 Å². The standard InChI is InChI=1S/C21H15N5/c1-15-8-7-13-19-23-20(16-9-3-2-4-10-16)21(26(15)19)25-24-18-12-6-5-11-17(18)14-22/h2-13H,1H3. The minimum absolute atomic E-state index is 0.489. The molecule has 0 aliphatic rings. The van der Waals surface area contributed by atoms with Gasteiger partial charge in [-0.15, -0.1) is 10.2 Å². The summed E-state index contributed by atoms with van der Waals surface area (Å²) in [6.45, 7) is 2.01. The van der Waals surface area contributed by atoms with E-state index in [1.54, 1.807) is 12.1 Å². The van der Waals surface area contributed by atoms with Gasteiger partial charge in [0.05, 0.1) is 5.56 Å². The van der Waals surface area contributed by atoms with E-state index in [1.807, 2.05) is 72.0 Å². The molecular formula is C21H15N5. The van der Waals surface area contributed by atoms with Crippen molar-refractivity contribution in [2.75, 3.05) is 0 Å².